The normalized spacial score (nSPS) is 20.4. The van der Waals surface area contributed by atoms with Crippen LogP contribution in [0.1, 0.15) is 35.3 Å². The molecule has 2 heterocycles. The van der Waals surface area contributed by atoms with Crippen LogP contribution < -0.4 is 0 Å². The minimum absolute atomic E-state index is 0.113. The summed E-state index contributed by atoms with van der Waals surface area (Å²) in [5.41, 5.74) is 1.64. The van der Waals surface area contributed by atoms with E-state index >= 15 is 0 Å². The van der Waals surface area contributed by atoms with Crippen LogP contribution in [0, 0.1) is 6.92 Å². The standard InChI is InChI=1S/C13H17BrN2O/c1-10-5-6-11(9-15-10)13(17)16-7-3-2-4-12(16)8-14/h5-6,9,12H,2-4,7-8H2,1H3. The van der Waals surface area contributed by atoms with Crippen molar-refractivity contribution in [3.8, 4) is 0 Å². The molecule has 1 atom stereocenters. The summed E-state index contributed by atoms with van der Waals surface area (Å²) in [6.07, 6.45) is 5.09. The van der Waals surface area contributed by atoms with Gasteiger partial charge in [0.1, 0.15) is 0 Å². The van der Waals surface area contributed by atoms with Crippen molar-refractivity contribution in [3.63, 3.8) is 0 Å². The molecule has 1 amide bonds. The third kappa shape index (κ3) is 2.86. The van der Waals surface area contributed by atoms with Crippen LogP contribution in [0.5, 0.6) is 0 Å². The lowest BCUT2D eigenvalue weighted by Crippen LogP contribution is -2.44. The van der Waals surface area contributed by atoms with Gasteiger partial charge in [0.05, 0.1) is 5.56 Å². The Hall–Kier alpha value is -0.900. The average Bonchev–Trinajstić information content (AvgIpc) is 2.39. The molecule has 4 heteroatoms. The fourth-order valence-electron chi connectivity index (χ4n) is 2.19. The van der Waals surface area contributed by atoms with Crippen LogP contribution in [0.3, 0.4) is 0 Å². The molecule has 0 radical (unpaired) electrons. The van der Waals surface area contributed by atoms with Crippen molar-refractivity contribution in [1.82, 2.24) is 9.88 Å². The number of carbonyl (C=O) groups excluding carboxylic acids is 1. The predicted octanol–water partition coefficient (Wildman–Crippen LogP) is 2.78. The van der Waals surface area contributed by atoms with Gasteiger partial charge in [-0.05, 0) is 38.3 Å². The lowest BCUT2D eigenvalue weighted by molar-refractivity contribution is 0.0641. The van der Waals surface area contributed by atoms with Crippen molar-refractivity contribution in [3.05, 3.63) is 29.6 Å². The molecule has 17 heavy (non-hydrogen) atoms. The Morgan fingerprint density at radius 2 is 2.35 bits per heavy atom. The smallest absolute Gasteiger partial charge is 0.255 e. The summed E-state index contributed by atoms with van der Waals surface area (Å²) in [6.45, 7) is 2.79. The van der Waals surface area contributed by atoms with E-state index in [1.165, 1.54) is 6.42 Å². The number of rotatable bonds is 2. The molecule has 1 fully saturated rings. The van der Waals surface area contributed by atoms with Gasteiger partial charge >= 0.3 is 0 Å². The summed E-state index contributed by atoms with van der Waals surface area (Å²) in [5.74, 6) is 0.113. The molecular formula is C13H17BrN2O. The predicted molar refractivity (Wildman–Crippen MR) is 71.4 cm³/mol. The number of aryl methyl sites for hydroxylation is 1. The van der Waals surface area contributed by atoms with Crippen LogP contribution in [-0.4, -0.2) is 33.7 Å². The molecule has 92 valence electrons. The number of alkyl halides is 1. The van der Waals surface area contributed by atoms with E-state index in [0.29, 0.717) is 11.6 Å². The van der Waals surface area contributed by atoms with E-state index < -0.39 is 0 Å². The molecule has 0 aliphatic carbocycles. The first kappa shape index (κ1) is 12.6. The summed E-state index contributed by atoms with van der Waals surface area (Å²) >= 11 is 3.49. The Labute approximate surface area is 110 Å². The van der Waals surface area contributed by atoms with Crippen molar-refractivity contribution >= 4 is 21.8 Å². The third-order valence-electron chi connectivity index (χ3n) is 3.22. The summed E-state index contributed by atoms with van der Waals surface area (Å²) < 4.78 is 0. The van der Waals surface area contributed by atoms with Crippen molar-refractivity contribution in [1.29, 1.82) is 0 Å². The van der Waals surface area contributed by atoms with Crippen LogP contribution in [0.25, 0.3) is 0 Å². The average molecular weight is 297 g/mol. The lowest BCUT2D eigenvalue weighted by Gasteiger charge is -2.34. The van der Waals surface area contributed by atoms with Gasteiger partial charge in [0.2, 0.25) is 0 Å². The highest BCUT2D eigenvalue weighted by Crippen LogP contribution is 2.20. The number of hydrogen-bond acceptors (Lipinski definition) is 2. The Morgan fingerprint density at radius 3 is 3.00 bits per heavy atom. The highest BCUT2D eigenvalue weighted by molar-refractivity contribution is 9.09. The van der Waals surface area contributed by atoms with E-state index in [-0.39, 0.29) is 5.91 Å². The molecule has 0 N–H and O–H groups in total. The number of pyridine rings is 1. The maximum Gasteiger partial charge on any atom is 0.255 e. The molecule has 0 saturated carbocycles. The maximum atomic E-state index is 12.3. The van der Waals surface area contributed by atoms with Crippen molar-refractivity contribution in [2.45, 2.75) is 32.2 Å². The second kappa shape index (κ2) is 5.63. The number of piperidine rings is 1. The number of aromatic nitrogens is 1. The van der Waals surface area contributed by atoms with Gasteiger partial charge in [-0.25, -0.2) is 0 Å². The first-order valence-electron chi connectivity index (χ1n) is 6.02. The number of carbonyl (C=O) groups is 1. The zero-order valence-electron chi connectivity index (χ0n) is 10.0. The van der Waals surface area contributed by atoms with E-state index in [9.17, 15) is 4.79 Å². The van der Waals surface area contributed by atoms with Gasteiger partial charge in [-0.15, -0.1) is 0 Å². The molecule has 1 saturated heterocycles. The van der Waals surface area contributed by atoms with Gasteiger partial charge in [0.25, 0.3) is 5.91 Å². The fraction of sp³-hybridized carbons (Fsp3) is 0.538. The van der Waals surface area contributed by atoms with Crippen molar-refractivity contribution in [2.75, 3.05) is 11.9 Å². The Balaban J connectivity index is 2.15. The largest absolute Gasteiger partial charge is 0.335 e. The maximum absolute atomic E-state index is 12.3. The number of nitrogens with zero attached hydrogens (tertiary/aromatic N) is 2. The molecular weight excluding hydrogens is 280 g/mol. The van der Waals surface area contributed by atoms with E-state index in [1.54, 1.807) is 6.20 Å². The second-order valence-corrected chi connectivity index (χ2v) is 5.14. The minimum atomic E-state index is 0.113. The topological polar surface area (TPSA) is 33.2 Å². The van der Waals surface area contributed by atoms with Gasteiger partial charge in [0.15, 0.2) is 0 Å². The first-order valence-corrected chi connectivity index (χ1v) is 7.14. The van der Waals surface area contributed by atoms with Crippen LogP contribution in [-0.2, 0) is 0 Å². The Kier molecular flexibility index (Phi) is 4.15. The third-order valence-corrected chi connectivity index (χ3v) is 3.97. The van der Waals surface area contributed by atoms with E-state index in [0.717, 1.165) is 30.4 Å². The number of likely N-dealkylation sites (tertiary alicyclic amines) is 1. The van der Waals surface area contributed by atoms with Gasteiger partial charge < -0.3 is 4.90 Å². The molecule has 1 aromatic heterocycles. The fourth-order valence-corrected chi connectivity index (χ4v) is 2.86. The highest BCUT2D eigenvalue weighted by atomic mass is 79.9. The molecule has 1 aliphatic rings. The summed E-state index contributed by atoms with van der Waals surface area (Å²) in [4.78, 5) is 18.5. The SMILES string of the molecule is Cc1ccc(C(=O)N2CCCCC2CBr)cn1. The Morgan fingerprint density at radius 1 is 1.53 bits per heavy atom. The van der Waals surface area contributed by atoms with E-state index in [2.05, 4.69) is 20.9 Å². The minimum Gasteiger partial charge on any atom is -0.335 e. The lowest BCUT2D eigenvalue weighted by atomic mass is 10.0. The van der Waals surface area contributed by atoms with Gasteiger partial charge in [-0.1, -0.05) is 15.9 Å². The summed E-state index contributed by atoms with van der Waals surface area (Å²) in [7, 11) is 0. The van der Waals surface area contributed by atoms with E-state index in [4.69, 9.17) is 0 Å². The summed E-state index contributed by atoms with van der Waals surface area (Å²) in [6, 6.07) is 4.09. The number of amides is 1. The molecule has 2 rings (SSSR count). The van der Waals surface area contributed by atoms with Crippen LogP contribution in [0.4, 0.5) is 0 Å². The Bertz CT molecular complexity index is 391. The molecule has 0 spiro atoms. The number of hydrogen-bond donors (Lipinski definition) is 0. The summed E-state index contributed by atoms with van der Waals surface area (Å²) in [5, 5.41) is 0.859. The van der Waals surface area contributed by atoms with Gasteiger partial charge in [-0.2, -0.15) is 0 Å². The molecule has 1 aliphatic heterocycles. The van der Waals surface area contributed by atoms with Gasteiger partial charge in [-0.3, -0.25) is 9.78 Å². The number of halogens is 1. The molecule has 1 aromatic rings. The van der Waals surface area contributed by atoms with Crippen LogP contribution >= 0.6 is 15.9 Å². The molecule has 0 aromatic carbocycles. The first-order chi connectivity index (χ1) is 8.22. The quantitative estimate of drug-likeness (QED) is 0.786. The zero-order valence-corrected chi connectivity index (χ0v) is 11.6. The van der Waals surface area contributed by atoms with E-state index in [1.807, 2.05) is 24.0 Å². The zero-order chi connectivity index (χ0) is 12.3. The van der Waals surface area contributed by atoms with Gasteiger partial charge in [0, 0.05) is 29.8 Å². The molecule has 0 bridgehead atoms. The second-order valence-electron chi connectivity index (χ2n) is 4.49. The van der Waals surface area contributed by atoms with Crippen LogP contribution in [0.15, 0.2) is 18.3 Å². The highest BCUT2D eigenvalue weighted by Gasteiger charge is 2.26. The monoisotopic (exact) mass is 296 g/mol. The molecule has 1 unspecified atom stereocenters. The van der Waals surface area contributed by atoms with Crippen molar-refractivity contribution in [2.24, 2.45) is 0 Å². The van der Waals surface area contributed by atoms with Crippen LogP contribution in [0.2, 0.25) is 0 Å². The van der Waals surface area contributed by atoms with Crippen molar-refractivity contribution < 1.29 is 4.79 Å². The molecule has 3 nitrogen and oxygen atoms in total.